The molecule has 1 unspecified atom stereocenters. The summed E-state index contributed by atoms with van der Waals surface area (Å²) in [5.74, 6) is 0. The summed E-state index contributed by atoms with van der Waals surface area (Å²) < 4.78 is 0. The number of benzene rings is 1. The van der Waals surface area contributed by atoms with Crippen LogP contribution in [0.5, 0.6) is 0 Å². The van der Waals surface area contributed by atoms with Gasteiger partial charge < -0.3 is 10.2 Å². The largest absolute Gasteiger partial charge is 0.382 e. The molecule has 2 rings (SSSR count). The predicted molar refractivity (Wildman–Crippen MR) is 66.8 cm³/mol. The van der Waals surface area contributed by atoms with Crippen molar-refractivity contribution in [2.45, 2.75) is 32.7 Å². The first-order valence-electron chi connectivity index (χ1n) is 5.82. The van der Waals surface area contributed by atoms with E-state index in [9.17, 15) is 0 Å². The standard InChI is InChI=1S/C13H20N2/c1-4-10(2)14-12-6-5-7-13-11(12)8-9-15(13)3/h5-7,10,14H,4,8-9H2,1-3H3. The average molecular weight is 204 g/mol. The van der Waals surface area contributed by atoms with E-state index in [0.717, 1.165) is 6.54 Å². The van der Waals surface area contributed by atoms with E-state index in [1.807, 2.05) is 0 Å². The minimum Gasteiger partial charge on any atom is -0.382 e. The highest BCUT2D eigenvalue weighted by molar-refractivity contribution is 5.69. The van der Waals surface area contributed by atoms with Gasteiger partial charge in [0.15, 0.2) is 0 Å². The van der Waals surface area contributed by atoms with Crippen molar-refractivity contribution >= 4 is 11.4 Å². The third-order valence-electron chi connectivity index (χ3n) is 3.27. The molecule has 2 nitrogen and oxygen atoms in total. The van der Waals surface area contributed by atoms with Crippen molar-refractivity contribution in [2.24, 2.45) is 0 Å². The maximum Gasteiger partial charge on any atom is 0.0417 e. The number of rotatable bonds is 3. The molecule has 0 aromatic heterocycles. The second kappa shape index (κ2) is 4.13. The molecule has 0 bridgehead atoms. The van der Waals surface area contributed by atoms with Crippen LogP contribution in [0.2, 0.25) is 0 Å². The smallest absolute Gasteiger partial charge is 0.0417 e. The Balaban J connectivity index is 2.26. The Morgan fingerprint density at radius 3 is 3.00 bits per heavy atom. The van der Waals surface area contributed by atoms with Crippen LogP contribution in [0, 0.1) is 0 Å². The molecule has 1 aliphatic rings. The highest BCUT2D eigenvalue weighted by atomic mass is 15.1. The van der Waals surface area contributed by atoms with E-state index in [-0.39, 0.29) is 0 Å². The summed E-state index contributed by atoms with van der Waals surface area (Å²) in [4.78, 5) is 2.33. The minimum atomic E-state index is 0.558. The second-order valence-electron chi connectivity index (χ2n) is 4.43. The van der Waals surface area contributed by atoms with Crippen LogP contribution in [0.25, 0.3) is 0 Å². The summed E-state index contributed by atoms with van der Waals surface area (Å²) in [6.45, 7) is 5.60. The lowest BCUT2D eigenvalue weighted by molar-refractivity contribution is 0.762. The maximum atomic E-state index is 3.59. The molecule has 0 fully saturated rings. The zero-order chi connectivity index (χ0) is 10.8. The molecule has 1 heterocycles. The van der Waals surface area contributed by atoms with Gasteiger partial charge in [0.1, 0.15) is 0 Å². The SMILES string of the molecule is CCC(C)Nc1cccc2c1CCN2C. The normalized spacial score (nSPS) is 16.3. The van der Waals surface area contributed by atoms with Crippen molar-refractivity contribution in [3.63, 3.8) is 0 Å². The fourth-order valence-corrected chi connectivity index (χ4v) is 2.10. The van der Waals surface area contributed by atoms with Crippen LogP contribution in [0.4, 0.5) is 11.4 Å². The molecular weight excluding hydrogens is 184 g/mol. The van der Waals surface area contributed by atoms with Gasteiger partial charge in [0.2, 0.25) is 0 Å². The zero-order valence-corrected chi connectivity index (χ0v) is 9.88. The van der Waals surface area contributed by atoms with Crippen molar-refractivity contribution in [3.05, 3.63) is 23.8 Å². The molecule has 1 aliphatic heterocycles. The summed E-state index contributed by atoms with van der Waals surface area (Å²) in [5.41, 5.74) is 4.20. The molecule has 1 aromatic rings. The molecule has 1 N–H and O–H groups in total. The van der Waals surface area contributed by atoms with Crippen molar-refractivity contribution in [3.8, 4) is 0 Å². The first-order chi connectivity index (χ1) is 7.22. The van der Waals surface area contributed by atoms with Crippen molar-refractivity contribution in [2.75, 3.05) is 23.8 Å². The number of nitrogens with one attached hydrogen (secondary N) is 1. The molecule has 15 heavy (non-hydrogen) atoms. The van der Waals surface area contributed by atoms with E-state index in [1.54, 1.807) is 0 Å². The van der Waals surface area contributed by atoms with Gasteiger partial charge in [-0.25, -0.2) is 0 Å². The number of nitrogens with zero attached hydrogens (tertiary/aromatic N) is 1. The van der Waals surface area contributed by atoms with Gasteiger partial charge in [0, 0.05) is 36.6 Å². The zero-order valence-electron chi connectivity index (χ0n) is 9.88. The van der Waals surface area contributed by atoms with Crippen LogP contribution in [0.15, 0.2) is 18.2 Å². The molecule has 82 valence electrons. The number of likely N-dealkylation sites (N-methyl/N-ethyl adjacent to an activating group) is 1. The molecule has 1 aromatic carbocycles. The lowest BCUT2D eigenvalue weighted by Gasteiger charge is -2.17. The molecule has 2 heteroatoms. The number of hydrogen-bond donors (Lipinski definition) is 1. The van der Waals surface area contributed by atoms with Crippen molar-refractivity contribution in [1.82, 2.24) is 0 Å². The molecular formula is C13H20N2. The first kappa shape index (κ1) is 10.3. The number of fused-ring (bicyclic) bond motifs is 1. The summed E-state index contributed by atoms with van der Waals surface area (Å²) in [6, 6.07) is 7.11. The van der Waals surface area contributed by atoms with Crippen molar-refractivity contribution < 1.29 is 0 Å². The summed E-state index contributed by atoms with van der Waals surface area (Å²) in [7, 11) is 2.17. The van der Waals surface area contributed by atoms with E-state index >= 15 is 0 Å². The van der Waals surface area contributed by atoms with Gasteiger partial charge in [0.05, 0.1) is 0 Å². The van der Waals surface area contributed by atoms with E-state index in [1.165, 1.54) is 29.8 Å². The fraction of sp³-hybridized carbons (Fsp3) is 0.538. The van der Waals surface area contributed by atoms with Gasteiger partial charge in [-0.15, -0.1) is 0 Å². The monoisotopic (exact) mass is 204 g/mol. The van der Waals surface area contributed by atoms with Gasteiger partial charge in [-0.3, -0.25) is 0 Å². The van der Waals surface area contributed by atoms with E-state index < -0.39 is 0 Å². The highest BCUT2D eigenvalue weighted by Crippen LogP contribution is 2.32. The van der Waals surface area contributed by atoms with Crippen LogP contribution >= 0.6 is 0 Å². The molecule has 0 amide bonds. The average Bonchev–Trinajstić information content (AvgIpc) is 2.62. The van der Waals surface area contributed by atoms with Crippen LogP contribution < -0.4 is 10.2 Å². The topological polar surface area (TPSA) is 15.3 Å². The fourth-order valence-electron chi connectivity index (χ4n) is 2.10. The Morgan fingerprint density at radius 1 is 1.47 bits per heavy atom. The second-order valence-corrected chi connectivity index (χ2v) is 4.43. The number of hydrogen-bond acceptors (Lipinski definition) is 2. The summed E-state index contributed by atoms with van der Waals surface area (Å²) >= 11 is 0. The van der Waals surface area contributed by atoms with Crippen LogP contribution in [0.1, 0.15) is 25.8 Å². The summed E-state index contributed by atoms with van der Waals surface area (Å²) in [6.07, 6.45) is 2.34. The summed E-state index contributed by atoms with van der Waals surface area (Å²) in [5, 5.41) is 3.59. The van der Waals surface area contributed by atoms with Gasteiger partial charge in [-0.05, 0) is 31.9 Å². The lowest BCUT2D eigenvalue weighted by atomic mass is 10.1. The Bertz CT molecular complexity index is 346. The Kier molecular flexibility index (Phi) is 2.85. The molecule has 0 aliphatic carbocycles. The molecule has 0 radical (unpaired) electrons. The van der Waals surface area contributed by atoms with E-state index in [2.05, 4.69) is 49.3 Å². The Hall–Kier alpha value is -1.18. The van der Waals surface area contributed by atoms with Crippen LogP contribution in [-0.4, -0.2) is 19.6 Å². The first-order valence-corrected chi connectivity index (χ1v) is 5.82. The third-order valence-corrected chi connectivity index (χ3v) is 3.27. The third kappa shape index (κ3) is 1.94. The predicted octanol–water partition coefficient (Wildman–Crippen LogP) is 2.89. The Labute approximate surface area is 92.3 Å². The van der Waals surface area contributed by atoms with E-state index in [0.29, 0.717) is 6.04 Å². The van der Waals surface area contributed by atoms with E-state index in [4.69, 9.17) is 0 Å². The molecule has 1 atom stereocenters. The molecule has 0 saturated heterocycles. The van der Waals surface area contributed by atoms with Gasteiger partial charge in [-0.1, -0.05) is 13.0 Å². The minimum absolute atomic E-state index is 0.558. The van der Waals surface area contributed by atoms with Crippen molar-refractivity contribution in [1.29, 1.82) is 0 Å². The lowest BCUT2D eigenvalue weighted by Crippen LogP contribution is -2.14. The van der Waals surface area contributed by atoms with Gasteiger partial charge in [0.25, 0.3) is 0 Å². The van der Waals surface area contributed by atoms with Gasteiger partial charge >= 0.3 is 0 Å². The molecule has 0 spiro atoms. The molecule has 0 saturated carbocycles. The van der Waals surface area contributed by atoms with Gasteiger partial charge in [-0.2, -0.15) is 0 Å². The highest BCUT2D eigenvalue weighted by Gasteiger charge is 2.18. The quantitative estimate of drug-likeness (QED) is 0.814. The maximum absolute atomic E-state index is 3.59. The number of anilines is 2. The Morgan fingerprint density at radius 2 is 2.27 bits per heavy atom. The van der Waals surface area contributed by atoms with Crippen LogP contribution in [0.3, 0.4) is 0 Å². The van der Waals surface area contributed by atoms with Crippen LogP contribution in [-0.2, 0) is 6.42 Å².